The fraction of sp³-hybridized carbons (Fsp3) is 0.772. The normalized spacial score (nSPS) is 14.4. The third-order valence-corrected chi connectivity index (χ3v) is 18.2. The number of rotatable bonds is 73. The number of carbonyl (C=O) groups is 4. The first-order valence-electron chi connectivity index (χ1n) is 38.8. The minimum atomic E-state index is -4.98. The van der Waals surface area contributed by atoms with E-state index in [1.807, 2.05) is 0 Å². The summed E-state index contributed by atoms with van der Waals surface area (Å²) in [6.45, 7) is 4.69. The van der Waals surface area contributed by atoms with Crippen molar-refractivity contribution in [3.05, 3.63) is 85.1 Å². The Bertz CT molecular complexity index is 2190. The van der Waals surface area contributed by atoms with Gasteiger partial charge in [0.25, 0.3) is 0 Å². The second-order valence-corrected chi connectivity index (χ2v) is 28.8. The molecule has 0 heterocycles. The second-order valence-electron chi connectivity index (χ2n) is 25.9. The fourth-order valence-corrected chi connectivity index (χ4v) is 11.9. The molecule has 0 fully saturated rings. The SMILES string of the molecule is CC/C=C\C/C=C\C/C=C\C/C=C\CCCCCCCCC(=O)OCC(COP(=O)(O)OCC(O)COP(=O)(O)OCC(COC(=O)CCCCCCC/C=C\CCCCCCCC)OC(=O)CCCCCCC/C=C\CCCC)OC(=O)CCCCCCC/C=C\CCCCCC. The lowest BCUT2D eigenvalue weighted by atomic mass is 10.1. The van der Waals surface area contributed by atoms with Gasteiger partial charge in [0.1, 0.15) is 19.3 Å². The van der Waals surface area contributed by atoms with Crippen LogP contribution in [0.3, 0.4) is 0 Å². The number of carbonyl (C=O) groups excluding carboxylic acids is 4. The number of allylic oxidation sites excluding steroid dienone is 14. The molecule has 0 aliphatic rings. The summed E-state index contributed by atoms with van der Waals surface area (Å²) in [6, 6.07) is 0. The van der Waals surface area contributed by atoms with E-state index in [2.05, 4.69) is 113 Å². The summed E-state index contributed by atoms with van der Waals surface area (Å²) in [7, 11) is -9.95. The van der Waals surface area contributed by atoms with E-state index in [4.69, 9.17) is 37.0 Å². The topological polar surface area (TPSA) is 237 Å². The van der Waals surface area contributed by atoms with Gasteiger partial charge in [-0.15, -0.1) is 0 Å². The first kappa shape index (κ1) is 94.2. The van der Waals surface area contributed by atoms with Gasteiger partial charge in [-0.25, -0.2) is 9.13 Å². The van der Waals surface area contributed by atoms with Crippen LogP contribution in [-0.4, -0.2) is 96.7 Å². The maximum absolute atomic E-state index is 13.1. The van der Waals surface area contributed by atoms with Crippen molar-refractivity contribution in [2.45, 2.75) is 354 Å². The lowest BCUT2D eigenvalue weighted by Gasteiger charge is -2.21. The molecule has 0 saturated carbocycles. The molecule has 0 radical (unpaired) electrons. The number of ether oxygens (including phenoxy) is 4. The molecule has 0 bridgehead atoms. The van der Waals surface area contributed by atoms with Gasteiger partial charge in [-0.3, -0.25) is 37.3 Å². The highest BCUT2D eigenvalue weighted by Crippen LogP contribution is 2.45. The highest BCUT2D eigenvalue weighted by Gasteiger charge is 2.30. The zero-order valence-corrected chi connectivity index (χ0v) is 63.7. The third-order valence-electron chi connectivity index (χ3n) is 16.3. The van der Waals surface area contributed by atoms with E-state index in [0.717, 1.165) is 180 Å². The molecule has 0 aliphatic carbocycles. The summed E-state index contributed by atoms with van der Waals surface area (Å²) in [5, 5.41) is 10.6. The molecule has 0 spiro atoms. The van der Waals surface area contributed by atoms with Crippen molar-refractivity contribution in [2.75, 3.05) is 39.6 Å². The van der Waals surface area contributed by atoms with Gasteiger partial charge < -0.3 is 33.8 Å². The highest BCUT2D eigenvalue weighted by atomic mass is 31.2. The van der Waals surface area contributed by atoms with Crippen LogP contribution in [0.25, 0.3) is 0 Å². The molecule has 0 aromatic heterocycles. The van der Waals surface area contributed by atoms with Gasteiger partial charge >= 0.3 is 39.5 Å². The van der Waals surface area contributed by atoms with Gasteiger partial charge in [-0.05, 0) is 135 Å². The second kappa shape index (κ2) is 71.6. The molecule has 3 N–H and O–H groups in total. The predicted molar refractivity (Wildman–Crippen MR) is 399 cm³/mol. The molecule has 5 atom stereocenters. The van der Waals surface area contributed by atoms with Crippen molar-refractivity contribution in [3.8, 4) is 0 Å². The number of unbranched alkanes of at least 4 members (excludes halogenated alkanes) is 33. The highest BCUT2D eigenvalue weighted by molar-refractivity contribution is 7.47. The van der Waals surface area contributed by atoms with Gasteiger partial charge in [0.15, 0.2) is 12.2 Å². The molecule has 0 rings (SSSR count). The van der Waals surface area contributed by atoms with Crippen LogP contribution in [0.1, 0.15) is 336 Å². The molecule has 0 aromatic carbocycles. The molecule has 98 heavy (non-hydrogen) atoms. The van der Waals surface area contributed by atoms with E-state index in [9.17, 15) is 43.2 Å². The third kappa shape index (κ3) is 70.7. The summed E-state index contributed by atoms with van der Waals surface area (Å²) in [5.74, 6) is -2.20. The zero-order chi connectivity index (χ0) is 71.8. The van der Waals surface area contributed by atoms with Gasteiger partial charge in [0.2, 0.25) is 0 Å². The van der Waals surface area contributed by atoms with Crippen molar-refractivity contribution >= 4 is 39.5 Å². The van der Waals surface area contributed by atoms with Crippen LogP contribution in [0.15, 0.2) is 85.1 Å². The molecule has 17 nitrogen and oxygen atoms in total. The van der Waals surface area contributed by atoms with Crippen LogP contribution < -0.4 is 0 Å². The average molecular weight is 1420 g/mol. The van der Waals surface area contributed by atoms with Gasteiger partial charge in [0, 0.05) is 25.7 Å². The lowest BCUT2D eigenvalue weighted by Crippen LogP contribution is -2.30. The number of aliphatic hydroxyl groups is 1. The van der Waals surface area contributed by atoms with Crippen LogP contribution in [0, 0.1) is 0 Å². The van der Waals surface area contributed by atoms with Crippen molar-refractivity contribution in [1.29, 1.82) is 0 Å². The van der Waals surface area contributed by atoms with Crippen LogP contribution in [0.4, 0.5) is 0 Å². The Morgan fingerprint density at radius 3 is 0.867 bits per heavy atom. The Morgan fingerprint density at radius 1 is 0.296 bits per heavy atom. The van der Waals surface area contributed by atoms with E-state index < -0.39 is 97.5 Å². The first-order valence-corrected chi connectivity index (χ1v) is 41.8. The molecule has 568 valence electrons. The van der Waals surface area contributed by atoms with Crippen molar-refractivity contribution in [1.82, 2.24) is 0 Å². The standard InChI is InChI=1S/C79H140O17P2/c1-5-9-13-17-21-25-29-32-34-35-36-37-39-42-45-48-52-56-60-64-77(82)90-70-75(96-79(84)66-62-58-54-50-46-40-31-27-23-19-15-11-7-3)72-94-98(87,88)92-68-73(80)67-91-97(85,86)93-71-74(95-78(83)65-61-57-53-49-43-28-24-20-16-12-8-4)69-89-76(81)63-59-55-51-47-44-41-38-33-30-26-22-18-14-10-6-2/h9,13,20-21,24-25,27,31-34,36-38,73-75,80H,5-8,10-12,14-19,22-23,26,28-30,35,39-72H2,1-4H3,(H,85,86)(H,87,88)/b13-9-,24-20-,25-21-,31-27-,34-32-,37-36-,38-33-. The largest absolute Gasteiger partial charge is 0.472 e. The van der Waals surface area contributed by atoms with Crippen molar-refractivity contribution < 1.29 is 80.2 Å². The molecule has 0 aliphatic heterocycles. The van der Waals surface area contributed by atoms with Gasteiger partial charge in [-0.1, -0.05) is 260 Å². The molecule has 0 saturated heterocycles. The summed E-state index contributed by atoms with van der Waals surface area (Å²) >= 11 is 0. The van der Waals surface area contributed by atoms with E-state index in [-0.39, 0.29) is 25.7 Å². The molecular formula is C79H140O17P2. The molecule has 0 amide bonds. The number of phosphoric acid groups is 2. The van der Waals surface area contributed by atoms with Crippen LogP contribution in [0.5, 0.6) is 0 Å². The molecule has 0 aromatic rings. The fourth-order valence-electron chi connectivity index (χ4n) is 10.4. The molecule has 5 unspecified atom stereocenters. The Labute approximate surface area is 595 Å². The first-order chi connectivity index (χ1) is 47.7. The number of phosphoric ester groups is 2. The minimum Gasteiger partial charge on any atom is -0.462 e. The van der Waals surface area contributed by atoms with Crippen LogP contribution >= 0.6 is 15.6 Å². The number of hydrogen-bond acceptors (Lipinski definition) is 15. The average Bonchev–Trinajstić information content (AvgIpc) is 0.972. The number of aliphatic hydroxyl groups excluding tert-OH is 1. The van der Waals surface area contributed by atoms with Crippen molar-refractivity contribution in [3.63, 3.8) is 0 Å². The minimum absolute atomic E-state index is 0.0824. The van der Waals surface area contributed by atoms with E-state index >= 15 is 0 Å². The summed E-state index contributed by atoms with van der Waals surface area (Å²) < 4.78 is 68.4. The lowest BCUT2D eigenvalue weighted by molar-refractivity contribution is -0.161. The van der Waals surface area contributed by atoms with Crippen molar-refractivity contribution in [2.24, 2.45) is 0 Å². The van der Waals surface area contributed by atoms with Crippen LogP contribution in [-0.2, 0) is 65.4 Å². The summed E-state index contributed by atoms with van der Waals surface area (Å²) in [6.07, 6.45) is 72.9. The van der Waals surface area contributed by atoms with E-state index in [1.54, 1.807) is 0 Å². The van der Waals surface area contributed by atoms with Gasteiger partial charge in [-0.2, -0.15) is 0 Å². The zero-order valence-electron chi connectivity index (χ0n) is 62.0. The maximum Gasteiger partial charge on any atom is 0.472 e. The summed E-state index contributed by atoms with van der Waals surface area (Å²) in [4.78, 5) is 72.8. The Kier molecular flexibility index (Phi) is 68.9. The smallest absolute Gasteiger partial charge is 0.462 e. The predicted octanol–water partition coefficient (Wildman–Crippen LogP) is 22.2. The number of hydrogen-bond donors (Lipinski definition) is 3. The Morgan fingerprint density at radius 2 is 0.541 bits per heavy atom. The van der Waals surface area contributed by atoms with E-state index in [0.29, 0.717) is 25.7 Å². The maximum atomic E-state index is 13.1. The molecular weight excluding hydrogens is 1280 g/mol. The summed E-state index contributed by atoms with van der Waals surface area (Å²) in [5.41, 5.74) is 0. The Hall–Kier alpha value is -3.76. The monoisotopic (exact) mass is 1420 g/mol. The Balaban J connectivity index is 5.31. The number of esters is 4. The molecule has 19 heteroatoms. The van der Waals surface area contributed by atoms with E-state index in [1.165, 1.54) is 77.0 Å². The van der Waals surface area contributed by atoms with Crippen LogP contribution in [0.2, 0.25) is 0 Å². The quantitative estimate of drug-likeness (QED) is 0.0169. The van der Waals surface area contributed by atoms with Gasteiger partial charge in [0.05, 0.1) is 26.4 Å².